The van der Waals surface area contributed by atoms with Crippen molar-refractivity contribution in [2.24, 2.45) is 0 Å². The van der Waals surface area contributed by atoms with Gasteiger partial charge in [-0.2, -0.15) is 5.10 Å². The molecule has 0 aliphatic heterocycles. The normalized spacial score (nSPS) is 13.5. The molecule has 8 heteroatoms. The number of rotatable bonds is 5. The highest BCUT2D eigenvalue weighted by molar-refractivity contribution is 7.92. The topological polar surface area (TPSA) is 109 Å². The highest BCUT2D eigenvalue weighted by atomic mass is 32.2. The number of aromatic amines is 1. The van der Waals surface area contributed by atoms with E-state index in [0.717, 1.165) is 30.4 Å². The van der Waals surface area contributed by atoms with E-state index in [9.17, 15) is 18.0 Å². The largest absolute Gasteiger partial charge is 0.295 e. The third kappa shape index (κ3) is 4.16. The fourth-order valence-corrected chi connectivity index (χ4v) is 5.27. The summed E-state index contributed by atoms with van der Waals surface area (Å²) in [6.45, 7) is 3.15. The van der Waals surface area contributed by atoms with Gasteiger partial charge in [-0.05, 0) is 68.9 Å². The third-order valence-electron chi connectivity index (χ3n) is 5.57. The minimum atomic E-state index is -3.91. The molecule has 160 valence electrons. The summed E-state index contributed by atoms with van der Waals surface area (Å²) in [5.74, 6) is -0.145. The molecule has 0 spiro atoms. The quantitative estimate of drug-likeness (QED) is 0.593. The van der Waals surface area contributed by atoms with Gasteiger partial charge in [0.05, 0.1) is 10.6 Å². The molecule has 31 heavy (non-hydrogen) atoms. The summed E-state index contributed by atoms with van der Waals surface area (Å²) < 4.78 is 28.9. The summed E-state index contributed by atoms with van der Waals surface area (Å²) >= 11 is 0. The van der Waals surface area contributed by atoms with Crippen molar-refractivity contribution in [2.75, 3.05) is 4.72 Å². The van der Waals surface area contributed by atoms with E-state index in [0.29, 0.717) is 34.5 Å². The van der Waals surface area contributed by atoms with Crippen LogP contribution in [-0.4, -0.2) is 24.4 Å². The maximum Gasteiger partial charge on any atom is 0.267 e. The van der Waals surface area contributed by atoms with Gasteiger partial charge in [0.2, 0.25) is 0 Å². The Bertz CT molecular complexity index is 1340. The zero-order chi connectivity index (χ0) is 22.2. The number of nitrogens with one attached hydrogen (secondary N) is 2. The predicted molar refractivity (Wildman–Crippen MR) is 119 cm³/mol. The molecular weight excluding hydrogens is 414 g/mol. The number of ketones is 1. The lowest BCUT2D eigenvalue weighted by Gasteiger charge is -2.18. The first-order valence-corrected chi connectivity index (χ1v) is 11.6. The Labute approximate surface area is 180 Å². The fraction of sp³-hybridized carbons (Fsp3) is 0.261. The second kappa shape index (κ2) is 8.11. The van der Waals surface area contributed by atoms with Crippen LogP contribution in [0.25, 0.3) is 11.3 Å². The van der Waals surface area contributed by atoms with Gasteiger partial charge in [-0.3, -0.25) is 14.3 Å². The standard InChI is InChI=1S/C23H23N3O4S/c1-14-10-11-17(22-19-8-3-4-9-20(19)23(28)25-24-22)13-21(14)31(29,30)26-18-7-5-6-16(12-18)15(2)27/h5-7,10-13,26H,3-4,8-9H2,1-2H3,(H,25,28). The van der Waals surface area contributed by atoms with Crippen molar-refractivity contribution < 1.29 is 13.2 Å². The van der Waals surface area contributed by atoms with Gasteiger partial charge in [0.25, 0.3) is 15.6 Å². The van der Waals surface area contributed by atoms with E-state index in [1.54, 1.807) is 37.3 Å². The monoisotopic (exact) mass is 437 g/mol. The maximum absolute atomic E-state index is 13.2. The lowest BCUT2D eigenvalue weighted by atomic mass is 9.90. The molecule has 1 aromatic heterocycles. The molecule has 2 aromatic carbocycles. The number of anilines is 1. The smallest absolute Gasteiger partial charge is 0.267 e. The number of carbonyl (C=O) groups is 1. The predicted octanol–water partition coefficient (Wildman–Crippen LogP) is 3.63. The maximum atomic E-state index is 13.2. The molecule has 3 aromatic rings. The van der Waals surface area contributed by atoms with E-state index in [1.165, 1.54) is 13.0 Å². The summed E-state index contributed by atoms with van der Waals surface area (Å²) in [5.41, 5.74) is 4.03. The molecule has 1 aliphatic rings. The number of aromatic nitrogens is 2. The van der Waals surface area contributed by atoms with Gasteiger partial charge in [-0.15, -0.1) is 0 Å². The van der Waals surface area contributed by atoms with E-state index in [2.05, 4.69) is 14.9 Å². The van der Waals surface area contributed by atoms with Crippen LogP contribution < -0.4 is 10.3 Å². The van der Waals surface area contributed by atoms with Crippen LogP contribution in [0.2, 0.25) is 0 Å². The molecule has 0 unspecified atom stereocenters. The second-order valence-corrected chi connectivity index (χ2v) is 9.44. The lowest BCUT2D eigenvalue weighted by molar-refractivity contribution is 0.101. The van der Waals surface area contributed by atoms with E-state index >= 15 is 0 Å². The molecule has 0 saturated carbocycles. The Balaban J connectivity index is 1.76. The molecule has 0 fully saturated rings. The van der Waals surface area contributed by atoms with Gasteiger partial charge in [-0.25, -0.2) is 13.5 Å². The second-order valence-electron chi connectivity index (χ2n) is 7.79. The highest BCUT2D eigenvalue weighted by Gasteiger charge is 2.22. The number of hydrogen-bond donors (Lipinski definition) is 2. The average Bonchev–Trinajstić information content (AvgIpc) is 2.74. The van der Waals surface area contributed by atoms with E-state index in [-0.39, 0.29) is 16.2 Å². The van der Waals surface area contributed by atoms with Crippen molar-refractivity contribution in [1.82, 2.24) is 10.2 Å². The summed E-state index contributed by atoms with van der Waals surface area (Å²) in [4.78, 5) is 23.9. The molecule has 1 heterocycles. The summed E-state index contributed by atoms with van der Waals surface area (Å²) in [6, 6.07) is 11.5. The fourth-order valence-electron chi connectivity index (χ4n) is 3.95. The van der Waals surface area contributed by atoms with Crippen molar-refractivity contribution in [3.05, 3.63) is 75.1 Å². The molecule has 0 atom stereocenters. The van der Waals surface area contributed by atoms with E-state index in [1.807, 2.05) is 6.07 Å². The Morgan fingerprint density at radius 1 is 1.06 bits per heavy atom. The van der Waals surface area contributed by atoms with Crippen LogP contribution in [0.1, 0.15) is 46.8 Å². The molecule has 1 aliphatic carbocycles. The molecular formula is C23H23N3O4S. The minimum absolute atomic E-state index is 0.121. The molecule has 7 nitrogen and oxygen atoms in total. The van der Waals surface area contributed by atoms with E-state index in [4.69, 9.17) is 0 Å². The molecule has 0 amide bonds. The van der Waals surface area contributed by atoms with Crippen LogP contribution in [0.5, 0.6) is 0 Å². The minimum Gasteiger partial charge on any atom is -0.295 e. The van der Waals surface area contributed by atoms with Gasteiger partial charge < -0.3 is 0 Å². The van der Waals surface area contributed by atoms with Gasteiger partial charge in [0, 0.05) is 22.4 Å². The van der Waals surface area contributed by atoms with Crippen LogP contribution in [-0.2, 0) is 22.9 Å². The zero-order valence-corrected chi connectivity index (χ0v) is 18.2. The van der Waals surface area contributed by atoms with Crippen LogP contribution >= 0.6 is 0 Å². The highest BCUT2D eigenvalue weighted by Crippen LogP contribution is 2.30. The Kier molecular flexibility index (Phi) is 5.49. The van der Waals surface area contributed by atoms with Crippen molar-refractivity contribution in [1.29, 1.82) is 0 Å². The van der Waals surface area contributed by atoms with E-state index < -0.39 is 10.0 Å². The van der Waals surface area contributed by atoms with Gasteiger partial charge in [-0.1, -0.05) is 24.3 Å². The number of nitrogens with zero attached hydrogens (tertiary/aromatic N) is 1. The number of hydrogen-bond acceptors (Lipinski definition) is 5. The Hall–Kier alpha value is -3.26. The number of fused-ring (bicyclic) bond motifs is 1. The number of benzene rings is 2. The molecule has 0 saturated heterocycles. The first-order chi connectivity index (χ1) is 14.8. The number of aryl methyl sites for hydroxylation is 1. The number of sulfonamides is 1. The van der Waals surface area contributed by atoms with Crippen LogP contribution in [0.4, 0.5) is 5.69 Å². The molecule has 2 N–H and O–H groups in total. The van der Waals surface area contributed by atoms with Crippen molar-refractivity contribution in [3.8, 4) is 11.3 Å². The molecule has 4 rings (SSSR count). The van der Waals surface area contributed by atoms with Gasteiger partial charge >= 0.3 is 0 Å². The molecule has 0 bridgehead atoms. The number of carbonyl (C=O) groups excluding carboxylic acids is 1. The van der Waals surface area contributed by atoms with Crippen LogP contribution in [0.15, 0.2) is 52.2 Å². The third-order valence-corrected chi connectivity index (χ3v) is 7.09. The van der Waals surface area contributed by atoms with Crippen molar-refractivity contribution >= 4 is 21.5 Å². The van der Waals surface area contributed by atoms with Crippen LogP contribution in [0, 0.1) is 6.92 Å². The van der Waals surface area contributed by atoms with Crippen LogP contribution in [0.3, 0.4) is 0 Å². The summed E-state index contributed by atoms with van der Waals surface area (Å²) in [5, 5.41) is 6.79. The SMILES string of the molecule is CC(=O)c1cccc(NS(=O)(=O)c2cc(-c3n[nH]c(=O)c4c3CCCC4)ccc2C)c1. The number of H-pyrrole nitrogens is 1. The first kappa shape index (κ1) is 21.0. The zero-order valence-electron chi connectivity index (χ0n) is 17.4. The van der Waals surface area contributed by atoms with Crippen molar-refractivity contribution in [3.63, 3.8) is 0 Å². The lowest BCUT2D eigenvalue weighted by Crippen LogP contribution is -2.21. The first-order valence-electron chi connectivity index (χ1n) is 10.1. The summed E-state index contributed by atoms with van der Waals surface area (Å²) in [6.07, 6.45) is 3.37. The van der Waals surface area contributed by atoms with Gasteiger partial charge in [0.1, 0.15) is 0 Å². The van der Waals surface area contributed by atoms with Gasteiger partial charge in [0.15, 0.2) is 5.78 Å². The average molecular weight is 438 g/mol. The Morgan fingerprint density at radius 2 is 1.81 bits per heavy atom. The number of Topliss-reactive ketones (excluding diaryl/α,β-unsaturated/α-hetero) is 1. The van der Waals surface area contributed by atoms with Crippen molar-refractivity contribution in [2.45, 2.75) is 44.4 Å². The Morgan fingerprint density at radius 3 is 2.55 bits per heavy atom. The summed E-state index contributed by atoms with van der Waals surface area (Å²) in [7, 11) is -3.91. The molecule has 0 radical (unpaired) electrons.